The second kappa shape index (κ2) is 5.97. The minimum Gasteiger partial charge on any atom is -0.342 e. The summed E-state index contributed by atoms with van der Waals surface area (Å²) >= 11 is 0. The van der Waals surface area contributed by atoms with E-state index in [-0.39, 0.29) is 9.68 Å². The van der Waals surface area contributed by atoms with Gasteiger partial charge in [-0.05, 0) is 13.0 Å². The van der Waals surface area contributed by atoms with E-state index in [1.54, 1.807) is 0 Å². The molecule has 68 valence electrons. The molecule has 0 aliphatic carbocycles. The maximum absolute atomic E-state index is 3.57. The largest absolute Gasteiger partial charge is 0.342 e. The lowest BCUT2D eigenvalue weighted by Crippen LogP contribution is -2.24. The van der Waals surface area contributed by atoms with Gasteiger partial charge in [0.15, 0.2) is 0 Å². The zero-order valence-corrected chi connectivity index (χ0v) is 10.9. The molecule has 0 aromatic rings. The summed E-state index contributed by atoms with van der Waals surface area (Å²) in [6, 6.07) is 3.03. The van der Waals surface area contributed by atoms with Gasteiger partial charge in [-0.25, -0.2) is 0 Å². The minimum absolute atomic E-state index is 0.105. The fourth-order valence-electron chi connectivity index (χ4n) is 1.05. The van der Waals surface area contributed by atoms with Crippen molar-refractivity contribution in [2.24, 2.45) is 0 Å². The number of hydrogen-bond donors (Lipinski definition) is 1. The molecule has 1 N–H and O–H groups in total. The van der Waals surface area contributed by atoms with Gasteiger partial charge in [-0.2, -0.15) is 0 Å². The van der Waals surface area contributed by atoms with Crippen LogP contribution in [0.25, 0.3) is 0 Å². The van der Waals surface area contributed by atoms with E-state index in [0.717, 1.165) is 0 Å². The molecule has 0 bridgehead atoms. The highest BCUT2D eigenvalue weighted by Gasteiger charge is 2.11. The van der Waals surface area contributed by atoms with Crippen LogP contribution in [-0.2, 0) is 0 Å². The number of rotatable bonds is 6. The quantitative estimate of drug-likeness (QED) is 0.496. The number of nitrogens with one attached hydrogen (secondary N) is 1. The monoisotopic (exact) mass is 189 g/mol. The van der Waals surface area contributed by atoms with Crippen molar-refractivity contribution in [2.45, 2.75) is 45.1 Å². The third-order valence-corrected chi connectivity index (χ3v) is 5.68. The molecule has 1 nitrogen and oxygen atoms in total. The van der Waals surface area contributed by atoms with Gasteiger partial charge >= 0.3 is 0 Å². The molecule has 0 aliphatic rings. The highest BCUT2D eigenvalue weighted by Crippen LogP contribution is 2.09. The summed E-state index contributed by atoms with van der Waals surface area (Å²) in [5.41, 5.74) is 0. The molecule has 0 amide bonds. The van der Waals surface area contributed by atoms with Crippen LogP contribution < -0.4 is 4.98 Å². The summed E-state index contributed by atoms with van der Waals surface area (Å²) in [5.74, 6) is 0. The standard InChI is InChI=1S/C8H23NSi2/c1-5-6-9-10-7-8-11(2,3)4/h9H,5-8,10H2,1-4H3. The third-order valence-electron chi connectivity index (χ3n) is 1.71. The van der Waals surface area contributed by atoms with Gasteiger partial charge < -0.3 is 4.98 Å². The van der Waals surface area contributed by atoms with E-state index in [1.807, 2.05) is 0 Å². The summed E-state index contributed by atoms with van der Waals surface area (Å²) in [5, 5.41) is 0. The van der Waals surface area contributed by atoms with Crippen LogP contribution in [-0.4, -0.2) is 24.3 Å². The fraction of sp³-hybridized carbons (Fsp3) is 1.00. The first-order valence-corrected chi connectivity index (χ1v) is 10.2. The Hall–Kier alpha value is 0.394. The van der Waals surface area contributed by atoms with Gasteiger partial charge in [-0.1, -0.05) is 38.7 Å². The minimum atomic E-state index is -0.723. The van der Waals surface area contributed by atoms with E-state index in [9.17, 15) is 0 Å². The Labute approximate surface area is 74.9 Å². The second-order valence-electron chi connectivity index (χ2n) is 4.41. The fourth-order valence-corrected chi connectivity index (χ4v) is 6.85. The van der Waals surface area contributed by atoms with Crippen molar-refractivity contribution in [1.29, 1.82) is 0 Å². The average molecular weight is 189 g/mol. The van der Waals surface area contributed by atoms with Crippen LogP contribution in [0.3, 0.4) is 0 Å². The van der Waals surface area contributed by atoms with Crippen LogP contribution in [0.5, 0.6) is 0 Å². The van der Waals surface area contributed by atoms with Crippen molar-refractivity contribution in [3.8, 4) is 0 Å². The molecule has 0 saturated carbocycles. The molecule has 0 aliphatic heterocycles. The Kier molecular flexibility index (Phi) is 6.18. The molecule has 0 radical (unpaired) electrons. The van der Waals surface area contributed by atoms with E-state index in [2.05, 4.69) is 31.5 Å². The van der Waals surface area contributed by atoms with E-state index in [1.165, 1.54) is 25.1 Å². The molecular weight excluding hydrogens is 166 g/mol. The predicted octanol–water partition coefficient (Wildman–Crippen LogP) is 1.83. The van der Waals surface area contributed by atoms with E-state index in [0.29, 0.717) is 0 Å². The Balaban J connectivity index is 3.02. The van der Waals surface area contributed by atoms with Crippen molar-refractivity contribution in [2.75, 3.05) is 6.54 Å². The first kappa shape index (κ1) is 11.4. The van der Waals surface area contributed by atoms with Crippen LogP contribution in [0.2, 0.25) is 31.7 Å². The van der Waals surface area contributed by atoms with Crippen molar-refractivity contribution in [1.82, 2.24) is 4.98 Å². The molecule has 0 rings (SSSR count). The number of hydrogen-bond acceptors (Lipinski definition) is 1. The van der Waals surface area contributed by atoms with Crippen molar-refractivity contribution in [3.05, 3.63) is 0 Å². The third kappa shape index (κ3) is 10.4. The smallest absolute Gasteiger partial charge is 0.0913 e. The molecule has 0 aromatic heterocycles. The van der Waals surface area contributed by atoms with Crippen LogP contribution in [0.1, 0.15) is 13.3 Å². The van der Waals surface area contributed by atoms with Gasteiger partial charge in [0.1, 0.15) is 0 Å². The van der Waals surface area contributed by atoms with Gasteiger partial charge in [0.05, 0.1) is 9.68 Å². The lowest BCUT2D eigenvalue weighted by molar-refractivity contribution is 0.857. The molecule has 0 atom stereocenters. The average Bonchev–Trinajstić information content (AvgIpc) is 1.85. The lowest BCUT2D eigenvalue weighted by atomic mass is 10.5. The van der Waals surface area contributed by atoms with Crippen molar-refractivity contribution >= 4 is 17.8 Å². The maximum atomic E-state index is 3.57. The Morgan fingerprint density at radius 3 is 2.36 bits per heavy atom. The van der Waals surface area contributed by atoms with Gasteiger partial charge in [-0.15, -0.1) is 0 Å². The van der Waals surface area contributed by atoms with Crippen molar-refractivity contribution < 1.29 is 0 Å². The summed E-state index contributed by atoms with van der Waals surface area (Å²) in [6.07, 6.45) is 1.29. The normalized spacial score (nSPS) is 13.1. The van der Waals surface area contributed by atoms with E-state index >= 15 is 0 Å². The van der Waals surface area contributed by atoms with Gasteiger partial charge in [0.25, 0.3) is 0 Å². The van der Waals surface area contributed by atoms with Gasteiger partial charge in [0, 0.05) is 8.07 Å². The summed E-state index contributed by atoms with van der Waals surface area (Å²) < 4.78 is 0. The lowest BCUT2D eigenvalue weighted by Gasteiger charge is -2.14. The molecule has 11 heavy (non-hydrogen) atoms. The topological polar surface area (TPSA) is 12.0 Å². The SMILES string of the molecule is CCCN[SiH2]CC[Si](C)(C)C. The molecular formula is C8H23NSi2. The molecule has 0 heterocycles. The summed E-state index contributed by atoms with van der Waals surface area (Å²) in [7, 11) is -0.617. The van der Waals surface area contributed by atoms with Crippen molar-refractivity contribution in [3.63, 3.8) is 0 Å². The zero-order chi connectivity index (χ0) is 8.74. The molecule has 0 fully saturated rings. The van der Waals surface area contributed by atoms with Gasteiger partial charge in [-0.3, -0.25) is 0 Å². The summed E-state index contributed by atoms with van der Waals surface area (Å²) in [6.45, 7) is 10.9. The maximum Gasteiger partial charge on any atom is 0.0913 e. The highest BCUT2D eigenvalue weighted by molar-refractivity contribution is 6.76. The van der Waals surface area contributed by atoms with Crippen LogP contribution in [0.4, 0.5) is 0 Å². The van der Waals surface area contributed by atoms with Crippen LogP contribution in [0, 0.1) is 0 Å². The Morgan fingerprint density at radius 1 is 1.27 bits per heavy atom. The Bertz CT molecular complexity index is 88.6. The predicted molar refractivity (Wildman–Crippen MR) is 59.8 cm³/mol. The first-order valence-electron chi connectivity index (χ1n) is 4.77. The Morgan fingerprint density at radius 2 is 1.91 bits per heavy atom. The molecule has 0 unspecified atom stereocenters. The van der Waals surface area contributed by atoms with Gasteiger partial charge in [0.2, 0.25) is 0 Å². The second-order valence-corrected chi connectivity index (χ2v) is 11.7. The molecule has 3 heteroatoms. The molecule has 0 aromatic carbocycles. The summed E-state index contributed by atoms with van der Waals surface area (Å²) in [4.78, 5) is 3.57. The molecule has 0 saturated heterocycles. The highest BCUT2D eigenvalue weighted by atomic mass is 28.3. The van der Waals surface area contributed by atoms with E-state index < -0.39 is 8.07 Å². The van der Waals surface area contributed by atoms with Crippen LogP contribution >= 0.6 is 0 Å². The zero-order valence-electron chi connectivity index (χ0n) is 8.54. The molecule has 0 spiro atoms. The van der Waals surface area contributed by atoms with Crippen LogP contribution in [0.15, 0.2) is 0 Å². The van der Waals surface area contributed by atoms with E-state index in [4.69, 9.17) is 0 Å². The first-order chi connectivity index (χ1) is 5.06.